The molecule has 1 amide bonds. The minimum atomic E-state index is -0.203. The van der Waals surface area contributed by atoms with E-state index in [9.17, 15) is 4.79 Å². The molecule has 0 saturated heterocycles. The minimum Gasteiger partial charge on any atom is -0.492 e. The lowest BCUT2D eigenvalue weighted by atomic mass is 10.3. The molecule has 18 heavy (non-hydrogen) atoms. The van der Waals surface area contributed by atoms with E-state index in [0.717, 1.165) is 5.00 Å². The van der Waals surface area contributed by atoms with Gasteiger partial charge in [-0.25, -0.2) is 0 Å². The van der Waals surface area contributed by atoms with Gasteiger partial charge in [0.2, 0.25) is 0 Å². The Kier molecular flexibility index (Phi) is 5.03. The second kappa shape index (κ2) is 6.30. The van der Waals surface area contributed by atoms with Gasteiger partial charge in [0.1, 0.15) is 15.6 Å². The molecule has 5 nitrogen and oxygen atoms in total. The van der Waals surface area contributed by atoms with Gasteiger partial charge < -0.3 is 21.1 Å². The van der Waals surface area contributed by atoms with Crippen molar-refractivity contribution >= 4 is 27.9 Å². The summed E-state index contributed by atoms with van der Waals surface area (Å²) in [4.78, 5) is 12.1. The predicted molar refractivity (Wildman–Crippen MR) is 76.6 cm³/mol. The van der Waals surface area contributed by atoms with Crippen LogP contribution < -0.4 is 21.1 Å². The quantitative estimate of drug-likeness (QED) is 0.715. The number of rotatable bonds is 5. The van der Waals surface area contributed by atoms with E-state index in [0.29, 0.717) is 22.9 Å². The van der Waals surface area contributed by atoms with Crippen molar-refractivity contribution in [1.82, 2.24) is 5.32 Å². The van der Waals surface area contributed by atoms with Crippen molar-refractivity contribution in [1.29, 1.82) is 0 Å². The van der Waals surface area contributed by atoms with Crippen LogP contribution in [0.1, 0.15) is 23.5 Å². The number of nitrogen functional groups attached to an aromatic ring is 1. The molecule has 0 aliphatic heterocycles. The number of carbonyl (C=O) groups is 1. The fraction of sp³-hybridized carbons (Fsp3) is 0.417. The minimum absolute atomic E-state index is 0.203. The number of allylic oxidation sites excluding steroid dienone is 1. The summed E-state index contributed by atoms with van der Waals surface area (Å²) in [5.41, 5.74) is 7.49. The van der Waals surface area contributed by atoms with Crippen LogP contribution >= 0.6 is 11.3 Å². The number of anilines is 2. The number of hydrogen-bond donors (Lipinski definition) is 3. The summed E-state index contributed by atoms with van der Waals surface area (Å²) >= 11 is 1.29. The van der Waals surface area contributed by atoms with Crippen molar-refractivity contribution in [2.75, 3.05) is 31.8 Å². The number of thiophene rings is 1. The van der Waals surface area contributed by atoms with Gasteiger partial charge in [0.15, 0.2) is 5.75 Å². The molecule has 0 saturated carbocycles. The molecule has 0 aliphatic carbocycles. The molecule has 6 heteroatoms. The van der Waals surface area contributed by atoms with Crippen molar-refractivity contribution in [3.8, 4) is 5.75 Å². The van der Waals surface area contributed by atoms with E-state index in [1.807, 2.05) is 13.8 Å². The van der Waals surface area contributed by atoms with E-state index in [-0.39, 0.29) is 5.91 Å². The Morgan fingerprint density at radius 2 is 2.17 bits per heavy atom. The zero-order valence-corrected chi connectivity index (χ0v) is 11.9. The van der Waals surface area contributed by atoms with E-state index in [1.54, 1.807) is 7.05 Å². The molecule has 0 unspecified atom stereocenters. The highest BCUT2D eigenvalue weighted by atomic mass is 32.1. The normalized spacial score (nSPS) is 9.78. The van der Waals surface area contributed by atoms with Crippen LogP contribution in [0.3, 0.4) is 0 Å². The van der Waals surface area contributed by atoms with Crippen molar-refractivity contribution in [2.24, 2.45) is 0 Å². The number of nitrogens with one attached hydrogen (secondary N) is 2. The third-order valence-corrected chi connectivity index (χ3v) is 3.45. The van der Waals surface area contributed by atoms with Crippen LogP contribution in [0.5, 0.6) is 5.75 Å². The summed E-state index contributed by atoms with van der Waals surface area (Å²) in [6, 6.07) is 0. The number of carbonyl (C=O) groups excluding carboxylic acids is 1. The van der Waals surface area contributed by atoms with Crippen molar-refractivity contribution in [2.45, 2.75) is 13.8 Å². The first-order valence-corrected chi connectivity index (χ1v) is 6.38. The Morgan fingerprint density at radius 1 is 1.50 bits per heavy atom. The van der Waals surface area contributed by atoms with E-state index in [4.69, 9.17) is 10.5 Å². The van der Waals surface area contributed by atoms with E-state index < -0.39 is 0 Å². The van der Waals surface area contributed by atoms with Crippen LogP contribution in [0, 0.1) is 0 Å². The SMILES string of the molecule is CNC(=O)c1sc(NCC=C(C)C)c(OC)c1N. The number of amides is 1. The summed E-state index contributed by atoms with van der Waals surface area (Å²) in [6.07, 6.45) is 2.05. The average Bonchev–Trinajstić information content (AvgIpc) is 2.64. The van der Waals surface area contributed by atoms with Crippen LogP contribution in [0.4, 0.5) is 10.7 Å². The highest BCUT2D eigenvalue weighted by Gasteiger charge is 2.20. The predicted octanol–water partition coefficient (Wildman–Crippen LogP) is 2.08. The third kappa shape index (κ3) is 3.16. The number of hydrogen-bond acceptors (Lipinski definition) is 5. The van der Waals surface area contributed by atoms with Crippen LogP contribution in [0.15, 0.2) is 11.6 Å². The monoisotopic (exact) mass is 269 g/mol. The summed E-state index contributed by atoms with van der Waals surface area (Å²) in [6.45, 7) is 4.72. The first kappa shape index (κ1) is 14.4. The summed E-state index contributed by atoms with van der Waals surface area (Å²) in [5, 5.41) is 6.52. The first-order valence-electron chi connectivity index (χ1n) is 5.56. The van der Waals surface area contributed by atoms with Gasteiger partial charge in [-0.2, -0.15) is 0 Å². The molecule has 0 aliphatic rings. The molecule has 0 bridgehead atoms. The molecule has 0 radical (unpaired) electrons. The van der Waals surface area contributed by atoms with Gasteiger partial charge in [0.05, 0.1) is 7.11 Å². The molecular formula is C12H19N3O2S. The summed E-state index contributed by atoms with van der Waals surface area (Å²) in [5.74, 6) is 0.326. The molecule has 1 aromatic heterocycles. The smallest absolute Gasteiger partial charge is 0.263 e. The third-order valence-electron chi connectivity index (χ3n) is 2.31. The zero-order valence-electron chi connectivity index (χ0n) is 11.1. The molecule has 0 atom stereocenters. The van der Waals surface area contributed by atoms with Gasteiger partial charge in [-0.15, -0.1) is 11.3 Å². The number of methoxy groups -OCH3 is 1. The summed E-state index contributed by atoms with van der Waals surface area (Å²) in [7, 11) is 3.11. The number of nitrogens with two attached hydrogens (primary N) is 1. The Bertz CT molecular complexity index is 462. The Balaban J connectivity index is 2.97. The van der Waals surface area contributed by atoms with Crippen LogP contribution in [-0.2, 0) is 0 Å². The lowest BCUT2D eigenvalue weighted by Crippen LogP contribution is -2.17. The standard InChI is InChI=1S/C12H19N3O2S/c1-7(2)5-6-15-12-9(17-4)8(13)10(18-12)11(16)14-3/h5,15H,6,13H2,1-4H3,(H,14,16). The molecule has 4 N–H and O–H groups in total. The molecule has 0 aromatic carbocycles. The van der Waals surface area contributed by atoms with Gasteiger partial charge in [-0.05, 0) is 13.8 Å². The van der Waals surface area contributed by atoms with Gasteiger partial charge in [0.25, 0.3) is 5.91 Å². The number of ether oxygens (including phenoxy) is 1. The maximum absolute atomic E-state index is 11.6. The highest BCUT2D eigenvalue weighted by molar-refractivity contribution is 7.19. The Morgan fingerprint density at radius 3 is 2.67 bits per heavy atom. The topological polar surface area (TPSA) is 76.4 Å². The fourth-order valence-electron chi connectivity index (χ4n) is 1.38. The Labute approximate surface area is 111 Å². The molecule has 1 aromatic rings. The molecule has 1 heterocycles. The maximum Gasteiger partial charge on any atom is 0.263 e. The van der Waals surface area contributed by atoms with Crippen molar-refractivity contribution < 1.29 is 9.53 Å². The van der Waals surface area contributed by atoms with E-state index in [2.05, 4.69) is 16.7 Å². The van der Waals surface area contributed by atoms with Crippen LogP contribution in [0.2, 0.25) is 0 Å². The van der Waals surface area contributed by atoms with Crippen LogP contribution in [0.25, 0.3) is 0 Å². The highest BCUT2D eigenvalue weighted by Crippen LogP contribution is 2.42. The zero-order chi connectivity index (χ0) is 13.7. The van der Waals surface area contributed by atoms with Gasteiger partial charge >= 0.3 is 0 Å². The fourth-order valence-corrected chi connectivity index (χ4v) is 2.42. The van der Waals surface area contributed by atoms with Gasteiger partial charge in [-0.3, -0.25) is 4.79 Å². The second-order valence-electron chi connectivity index (χ2n) is 3.95. The Hall–Kier alpha value is -1.69. The molecule has 0 spiro atoms. The first-order chi connectivity index (χ1) is 8.51. The van der Waals surface area contributed by atoms with Gasteiger partial charge in [-0.1, -0.05) is 11.6 Å². The summed E-state index contributed by atoms with van der Waals surface area (Å²) < 4.78 is 5.23. The molecule has 1 rings (SSSR count). The molecule has 100 valence electrons. The largest absolute Gasteiger partial charge is 0.492 e. The maximum atomic E-state index is 11.6. The lowest BCUT2D eigenvalue weighted by molar-refractivity contribution is 0.0967. The second-order valence-corrected chi connectivity index (χ2v) is 4.97. The van der Waals surface area contributed by atoms with Crippen LogP contribution in [-0.4, -0.2) is 26.6 Å². The van der Waals surface area contributed by atoms with Gasteiger partial charge in [0, 0.05) is 13.6 Å². The van der Waals surface area contributed by atoms with E-state index >= 15 is 0 Å². The molecule has 0 fully saturated rings. The average molecular weight is 269 g/mol. The van der Waals surface area contributed by atoms with E-state index in [1.165, 1.54) is 24.0 Å². The van der Waals surface area contributed by atoms with Crippen molar-refractivity contribution in [3.63, 3.8) is 0 Å². The molecular weight excluding hydrogens is 250 g/mol. The van der Waals surface area contributed by atoms with Crippen molar-refractivity contribution in [3.05, 3.63) is 16.5 Å². The lowest BCUT2D eigenvalue weighted by Gasteiger charge is -2.04.